The summed E-state index contributed by atoms with van der Waals surface area (Å²) in [5, 5.41) is 5.07. The SMILES string of the molecule is NS(=O)(=O)c1ccc(Br)c(C(=O)OCCCCN2C(=O)c3ccccc3C2=O)c1. The van der Waals surface area contributed by atoms with E-state index in [0.29, 0.717) is 28.4 Å². The van der Waals surface area contributed by atoms with E-state index in [9.17, 15) is 22.8 Å². The maximum Gasteiger partial charge on any atom is 0.339 e. The third kappa shape index (κ3) is 4.55. The predicted octanol–water partition coefficient (Wildman–Crippen LogP) is 2.33. The van der Waals surface area contributed by atoms with Gasteiger partial charge >= 0.3 is 5.97 Å². The lowest BCUT2D eigenvalue weighted by atomic mass is 10.1. The number of fused-ring (bicyclic) bond motifs is 1. The molecule has 0 bridgehead atoms. The fourth-order valence-electron chi connectivity index (χ4n) is 2.89. The highest BCUT2D eigenvalue weighted by Gasteiger charge is 2.34. The van der Waals surface area contributed by atoms with Crippen molar-refractivity contribution in [1.82, 2.24) is 4.90 Å². The first-order valence-corrected chi connectivity index (χ1v) is 11.0. The second-order valence-corrected chi connectivity index (χ2v) is 8.75. The second kappa shape index (κ2) is 8.44. The highest BCUT2D eigenvalue weighted by atomic mass is 79.9. The van der Waals surface area contributed by atoms with Crippen LogP contribution in [0.1, 0.15) is 43.9 Å². The molecule has 3 rings (SSSR count). The van der Waals surface area contributed by atoms with Crippen molar-refractivity contribution in [2.75, 3.05) is 13.2 Å². The first-order chi connectivity index (χ1) is 13.7. The van der Waals surface area contributed by atoms with Gasteiger partial charge in [-0.1, -0.05) is 12.1 Å². The zero-order chi connectivity index (χ0) is 21.2. The van der Waals surface area contributed by atoms with E-state index >= 15 is 0 Å². The highest BCUT2D eigenvalue weighted by molar-refractivity contribution is 9.10. The minimum absolute atomic E-state index is 0.0388. The van der Waals surface area contributed by atoms with Gasteiger partial charge in [-0.3, -0.25) is 14.5 Å². The lowest BCUT2D eigenvalue weighted by Gasteiger charge is -2.13. The van der Waals surface area contributed by atoms with Crippen LogP contribution in [0.3, 0.4) is 0 Å². The number of esters is 1. The molecule has 0 aliphatic carbocycles. The van der Waals surface area contributed by atoms with Crippen LogP contribution in [0.25, 0.3) is 0 Å². The number of nitrogens with zero attached hydrogens (tertiary/aromatic N) is 1. The third-order valence-corrected chi connectivity index (χ3v) is 5.98. The first kappa shape index (κ1) is 21.2. The average Bonchev–Trinajstić information content (AvgIpc) is 2.92. The van der Waals surface area contributed by atoms with Crippen molar-refractivity contribution in [3.63, 3.8) is 0 Å². The number of sulfonamides is 1. The minimum Gasteiger partial charge on any atom is -0.462 e. The number of unbranched alkanes of at least 4 members (excludes halogenated alkanes) is 1. The van der Waals surface area contributed by atoms with Gasteiger partial charge < -0.3 is 4.74 Å². The van der Waals surface area contributed by atoms with Crippen molar-refractivity contribution >= 4 is 43.7 Å². The van der Waals surface area contributed by atoms with Crippen molar-refractivity contribution in [1.29, 1.82) is 0 Å². The van der Waals surface area contributed by atoms with E-state index in [4.69, 9.17) is 9.88 Å². The van der Waals surface area contributed by atoms with Crippen LogP contribution in [-0.2, 0) is 14.8 Å². The van der Waals surface area contributed by atoms with E-state index in [2.05, 4.69) is 15.9 Å². The minimum atomic E-state index is -3.95. The molecule has 2 N–H and O–H groups in total. The van der Waals surface area contributed by atoms with Crippen molar-refractivity contribution in [2.24, 2.45) is 5.14 Å². The van der Waals surface area contributed by atoms with Gasteiger partial charge in [-0.25, -0.2) is 18.4 Å². The number of halogens is 1. The van der Waals surface area contributed by atoms with E-state index in [1.165, 1.54) is 17.0 Å². The van der Waals surface area contributed by atoms with Crippen molar-refractivity contribution < 1.29 is 27.5 Å². The molecule has 0 aromatic heterocycles. The summed E-state index contributed by atoms with van der Waals surface area (Å²) in [4.78, 5) is 37.7. The van der Waals surface area contributed by atoms with Crippen LogP contribution < -0.4 is 5.14 Å². The molecule has 0 atom stereocenters. The summed E-state index contributed by atoms with van der Waals surface area (Å²) >= 11 is 3.17. The van der Waals surface area contributed by atoms with Gasteiger partial charge in [-0.15, -0.1) is 0 Å². The molecule has 0 saturated carbocycles. The Balaban J connectivity index is 1.51. The Labute approximate surface area is 175 Å². The van der Waals surface area contributed by atoms with Crippen LogP contribution in [0.2, 0.25) is 0 Å². The van der Waals surface area contributed by atoms with E-state index in [-0.39, 0.29) is 35.4 Å². The van der Waals surface area contributed by atoms with Gasteiger partial charge in [0.25, 0.3) is 11.8 Å². The summed E-state index contributed by atoms with van der Waals surface area (Å²) in [6.45, 7) is 0.266. The Morgan fingerprint density at radius 2 is 1.66 bits per heavy atom. The Morgan fingerprint density at radius 3 is 2.24 bits per heavy atom. The van der Waals surface area contributed by atoms with E-state index < -0.39 is 16.0 Å². The molecule has 10 heteroatoms. The number of nitrogens with two attached hydrogens (primary N) is 1. The maximum absolute atomic E-state index is 12.3. The lowest BCUT2D eigenvalue weighted by molar-refractivity contribution is 0.0484. The van der Waals surface area contributed by atoms with Gasteiger partial charge in [0.15, 0.2) is 0 Å². The first-order valence-electron chi connectivity index (χ1n) is 8.65. The van der Waals surface area contributed by atoms with Crippen LogP contribution in [0.4, 0.5) is 0 Å². The molecule has 2 amide bonds. The quantitative estimate of drug-likeness (QED) is 0.368. The summed E-state index contributed by atoms with van der Waals surface area (Å²) in [6.07, 6.45) is 0.878. The molecular weight excluding hydrogens is 464 g/mol. The molecule has 2 aromatic carbocycles. The van der Waals surface area contributed by atoms with Gasteiger partial charge in [0.1, 0.15) is 0 Å². The number of amides is 2. The van der Waals surface area contributed by atoms with Crippen molar-refractivity contribution in [3.8, 4) is 0 Å². The van der Waals surface area contributed by atoms with Gasteiger partial charge in [-0.05, 0) is 59.1 Å². The van der Waals surface area contributed by atoms with Crippen molar-refractivity contribution in [3.05, 3.63) is 63.6 Å². The van der Waals surface area contributed by atoms with Crippen molar-refractivity contribution in [2.45, 2.75) is 17.7 Å². The summed E-state index contributed by atoms with van der Waals surface area (Å²) in [7, 11) is -3.95. The Bertz CT molecular complexity index is 1060. The monoisotopic (exact) mass is 480 g/mol. The summed E-state index contributed by atoms with van der Waals surface area (Å²) < 4.78 is 28.4. The molecule has 2 aromatic rings. The summed E-state index contributed by atoms with van der Waals surface area (Å²) in [6, 6.07) is 10.5. The van der Waals surface area contributed by atoms with E-state index in [0.717, 1.165) is 6.07 Å². The number of rotatable bonds is 7. The normalized spacial score (nSPS) is 13.5. The molecule has 29 heavy (non-hydrogen) atoms. The Hall–Kier alpha value is -2.56. The molecule has 152 valence electrons. The second-order valence-electron chi connectivity index (χ2n) is 6.34. The summed E-state index contributed by atoms with van der Waals surface area (Å²) in [5.41, 5.74) is 0.823. The Kier molecular flexibility index (Phi) is 6.15. The van der Waals surface area contributed by atoms with Crippen LogP contribution in [0, 0.1) is 0 Å². The van der Waals surface area contributed by atoms with Crippen LogP contribution in [0.15, 0.2) is 51.8 Å². The molecule has 0 unspecified atom stereocenters. The van der Waals surface area contributed by atoms with Gasteiger partial charge in [0.05, 0.1) is 28.2 Å². The molecule has 0 fully saturated rings. The number of carbonyl (C=O) groups excluding carboxylic acids is 3. The highest BCUT2D eigenvalue weighted by Crippen LogP contribution is 2.23. The predicted molar refractivity (Wildman–Crippen MR) is 107 cm³/mol. The average molecular weight is 481 g/mol. The van der Waals surface area contributed by atoms with Gasteiger partial charge in [0, 0.05) is 11.0 Å². The van der Waals surface area contributed by atoms with Crippen LogP contribution >= 0.6 is 15.9 Å². The zero-order valence-electron chi connectivity index (χ0n) is 15.1. The molecule has 0 spiro atoms. The number of hydrogen-bond donors (Lipinski definition) is 1. The topological polar surface area (TPSA) is 124 Å². The molecule has 0 saturated heterocycles. The maximum atomic E-state index is 12.3. The number of primary sulfonamides is 1. The Morgan fingerprint density at radius 1 is 1.03 bits per heavy atom. The van der Waals surface area contributed by atoms with Crippen LogP contribution in [-0.4, -0.2) is 44.3 Å². The lowest BCUT2D eigenvalue weighted by Crippen LogP contribution is -2.30. The zero-order valence-corrected chi connectivity index (χ0v) is 17.5. The van der Waals surface area contributed by atoms with Gasteiger partial charge in [0.2, 0.25) is 10.0 Å². The molecule has 1 heterocycles. The largest absolute Gasteiger partial charge is 0.462 e. The number of carbonyl (C=O) groups is 3. The number of hydrogen-bond acceptors (Lipinski definition) is 6. The number of benzene rings is 2. The molecule has 1 aliphatic heterocycles. The fourth-order valence-corrected chi connectivity index (χ4v) is 3.84. The van der Waals surface area contributed by atoms with E-state index in [1.807, 2.05) is 0 Å². The number of imide groups is 1. The van der Waals surface area contributed by atoms with E-state index in [1.54, 1.807) is 24.3 Å². The standard InChI is InChI=1S/C19H17BrN2O6S/c20-16-8-7-12(29(21,26)27)11-15(16)19(25)28-10-4-3-9-22-17(23)13-5-1-2-6-14(13)18(22)24/h1-2,5-8,11H,3-4,9-10H2,(H2,21,26,27). The fraction of sp³-hybridized carbons (Fsp3) is 0.211. The molecule has 8 nitrogen and oxygen atoms in total. The van der Waals surface area contributed by atoms with Gasteiger partial charge in [-0.2, -0.15) is 0 Å². The smallest absolute Gasteiger partial charge is 0.339 e. The summed E-state index contributed by atoms with van der Waals surface area (Å²) in [5.74, 6) is -1.36. The molecular formula is C19H17BrN2O6S. The van der Waals surface area contributed by atoms with Crippen LogP contribution in [0.5, 0.6) is 0 Å². The number of ether oxygens (including phenoxy) is 1. The molecule has 0 radical (unpaired) electrons. The molecule has 1 aliphatic rings. The third-order valence-electron chi connectivity index (χ3n) is 4.37.